The molecule has 0 aliphatic rings. The first-order valence-corrected chi connectivity index (χ1v) is 10.1. The van der Waals surface area contributed by atoms with Crippen molar-refractivity contribution in [1.29, 1.82) is 0 Å². The average molecular weight is 426 g/mol. The van der Waals surface area contributed by atoms with Gasteiger partial charge in [-0.25, -0.2) is 0 Å². The lowest BCUT2D eigenvalue weighted by Gasteiger charge is -2.09. The summed E-state index contributed by atoms with van der Waals surface area (Å²) >= 11 is 1.47. The molecular weight excluding hydrogens is 404 g/mol. The Morgan fingerprint density at radius 1 is 0.800 bits per heavy atom. The summed E-state index contributed by atoms with van der Waals surface area (Å²) < 4.78 is 23.3. The summed E-state index contributed by atoms with van der Waals surface area (Å²) in [5.74, 6) is 3.66. The van der Waals surface area contributed by atoms with Crippen molar-refractivity contribution in [3.8, 4) is 33.6 Å². The van der Waals surface area contributed by atoms with E-state index < -0.39 is 0 Å². The summed E-state index contributed by atoms with van der Waals surface area (Å²) in [5.41, 5.74) is 2.01. The van der Waals surface area contributed by atoms with Gasteiger partial charge in [0.05, 0.1) is 34.0 Å². The quantitative estimate of drug-likeness (QED) is 0.425. The van der Waals surface area contributed by atoms with Gasteiger partial charge in [0.1, 0.15) is 11.5 Å². The minimum atomic E-state index is 0.694. The van der Waals surface area contributed by atoms with Crippen molar-refractivity contribution in [3.63, 3.8) is 0 Å². The van der Waals surface area contributed by atoms with Crippen LogP contribution in [0.15, 0.2) is 36.4 Å². The zero-order valence-corrected chi connectivity index (χ0v) is 18.0. The van der Waals surface area contributed by atoms with Crippen LogP contribution in [-0.4, -0.2) is 48.3 Å². The second-order valence-electron chi connectivity index (χ2n) is 6.47. The van der Waals surface area contributed by atoms with Crippen LogP contribution < -0.4 is 18.9 Å². The summed E-state index contributed by atoms with van der Waals surface area (Å²) in [5, 5.41) is 14.1. The Hall–Kier alpha value is -3.33. The molecule has 0 unspecified atom stereocenters. The maximum absolute atomic E-state index is 5.51. The minimum absolute atomic E-state index is 0.694. The molecule has 2 heterocycles. The van der Waals surface area contributed by atoms with E-state index in [-0.39, 0.29) is 0 Å². The normalized spacial score (nSPS) is 10.9. The van der Waals surface area contributed by atoms with Gasteiger partial charge in [0.25, 0.3) is 0 Å². The molecular formula is C21H22N4O4S. The van der Waals surface area contributed by atoms with E-state index in [4.69, 9.17) is 24.0 Å². The molecule has 0 bridgehead atoms. The van der Waals surface area contributed by atoms with Gasteiger partial charge in [0.2, 0.25) is 4.96 Å². The van der Waals surface area contributed by atoms with Crippen molar-refractivity contribution in [2.45, 2.75) is 12.8 Å². The van der Waals surface area contributed by atoms with Crippen molar-refractivity contribution in [1.82, 2.24) is 19.8 Å². The fourth-order valence-electron chi connectivity index (χ4n) is 3.19. The van der Waals surface area contributed by atoms with Crippen molar-refractivity contribution in [3.05, 3.63) is 47.8 Å². The zero-order chi connectivity index (χ0) is 21.1. The summed E-state index contributed by atoms with van der Waals surface area (Å²) in [6.07, 6.45) is 1.47. The first-order valence-electron chi connectivity index (χ1n) is 9.31. The highest BCUT2D eigenvalue weighted by Crippen LogP contribution is 2.35. The number of benzene rings is 2. The van der Waals surface area contributed by atoms with Gasteiger partial charge in [0.15, 0.2) is 22.3 Å². The number of methoxy groups -OCH3 is 4. The molecule has 156 valence electrons. The van der Waals surface area contributed by atoms with E-state index in [9.17, 15) is 0 Å². The zero-order valence-electron chi connectivity index (χ0n) is 17.2. The third-order valence-electron chi connectivity index (χ3n) is 4.78. The molecule has 0 aliphatic heterocycles. The molecule has 0 N–H and O–H groups in total. The van der Waals surface area contributed by atoms with Gasteiger partial charge >= 0.3 is 0 Å². The van der Waals surface area contributed by atoms with Crippen LogP contribution in [-0.2, 0) is 12.8 Å². The Kier molecular flexibility index (Phi) is 5.71. The number of aromatic nitrogens is 4. The van der Waals surface area contributed by atoms with E-state index in [1.165, 1.54) is 11.3 Å². The van der Waals surface area contributed by atoms with Crippen LogP contribution in [0.25, 0.3) is 15.5 Å². The molecule has 0 fully saturated rings. The van der Waals surface area contributed by atoms with Gasteiger partial charge in [-0.15, -0.1) is 10.2 Å². The number of ether oxygens (including phenoxy) is 4. The number of hydrogen-bond donors (Lipinski definition) is 0. The summed E-state index contributed by atoms with van der Waals surface area (Å²) in [6.45, 7) is 0. The summed E-state index contributed by atoms with van der Waals surface area (Å²) in [7, 11) is 6.52. The Morgan fingerprint density at radius 3 is 2.33 bits per heavy atom. The number of fused-ring (bicyclic) bond motifs is 1. The van der Waals surface area contributed by atoms with Crippen molar-refractivity contribution < 1.29 is 18.9 Å². The summed E-state index contributed by atoms with van der Waals surface area (Å²) in [6, 6.07) is 11.6. The molecule has 2 aromatic heterocycles. The molecule has 8 nitrogen and oxygen atoms in total. The van der Waals surface area contributed by atoms with E-state index >= 15 is 0 Å². The van der Waals surface area contributed by atoms with E-state index in [1.807, 2.05) is 36.4 Å². The van der Waals surface area contributed by atoms with Crippen LogP contribution in [0.1, 0.15) is 11.4 Å². The van der Waals surface area contributed by atoms with E-state index in [1.54, 1.807) is 33.0 Å². The third kappa shape index (κ3) is 3.76. The molecule has 0 aliphatic carbocycles. The molecule has 0 amide bonds. The van der Waals surface area contributed by atoms with Crippen molar-refractivity contribution >= 4 is 16.3 Å². The smallest absolute Gasteiger partial charge is 0.234 e. The Balaban J connectivity index is 1.58. The molecule has 4 aromatic rings. The van der Waals surface area contributed by atoms with Crippen LogP contribution in [0.3, 0.4) is 0 Å². The van der Waals surface area contributed by atoms with Gasteiger partial charge < -0.3 is 18.9 Å². The number of hydrogen-bond acceptors (Lipinski definition) is 8. The van der Waals surface area contributed by atoms with Crippen molar-refractivity contribution in [2.75, 3.05) is 28.4 Å². The molecule has 30 heavy (non-hydrogen) atoms. The lowest BCUT2D eigenvalue weighted by atomic mass is 10.1. The molecule has 0 saturated carbocycles. The Bertz CT molecular complexity index is 1170. The second kappa shape index (κ2) is 8.58. The summed E-state index contributed by atoms with van der Waals surface area (Å²) in [4.78, 5) is 0.741. The molecule has 2 aromatic carbocycles. The van der Waals surface area contributed by atoms with Gasteiger partial charge in [0, 0.05) is 12.5 Å². The molecule has 0 saturated heterocycles. The van der Waals surface area contributed by atoms with Crippen LogP contribution in [0.2, 0.25) is 0 Å². The van der Waals surface area contributed by atoms with Crippen LogP contribution in [0.4, 0.5) is 0 Å². The lowest BCUT2D eigenvalue weighted by Crippen LogP contribution is -2.00. The average Bonchev–Trinajstić information content (AvgIpc) is 3.38. The number of rotatable bonds is 8. The third-order valence-corrected chi connectivity index (χ3v) is 5.71. The highest BCUT2D eigenvalue weighted by Gasteiger charge is 2.17. The van der Waals surface area contributed by atoms with E-state index in [0.29, 0.717) is 23.7 Å². The molecule has 9 heteroatoms. The van der Waals surface area contributed by atoms with Gasteiger partial charge in [-0.2, -0.15) is 9.61 Å². The molecule has 4 rings (SSSR count). The van der Waals surface area contributed by atoms with Crippen LogP contribution >= 0.6 is 11.3 Å². The minimum Gasteiger partial charge on any atom is -0.497 e. The predicted molar refractivity (Wildman–Crippen MR) is 114 cm³/mol. The predicted octanol–water partition coefficient (Wildman–Crippen LogP) is 3.67. The second-order valence-corrected chi connectivity index (χ2v) is 7.43. The van der Waals surface area contributed by atoms with Crippen molar-refractivity contribution in [2.24, 2.45) is 0 Å². The highest BCUT2D eigenvalue weighted by molar-refractivity contribution is 7.19. The largest absolute Gasteiger partial charge is 0.497 e. The number of nitrogens with zero attached hydrogens (tertiary/aromatic N) is 4. The van der Waals surface area contributed by atoms with E-state index in [2.05, 4.69) is 10.2 Å². The van der Waals surface area contributed by atoms with Gasteiger partial charge in [-0.05, 0) is 36.2 Å². The Morgan fingerprint density at radius 2 is 1.60 bits per heavy atom. The standard InChI is InChI=1S/C21H22N4O4S/c1-26-14-7-8-15(17(12-14)28-3)20-24-25-19(22-23-21(25)30-20)10-6-13-5-9-16(27-2)18(11-13)29-4/h5,7-9,11-12H,6,10H2,1-4H3. The highest BCUT2D eigenvalue weighted by atomic mass is 32.1. The Labute approximate surface area is 178 Å². The van der Waals surface area contributed by atoms with Crippen LogP contribution in [0, 0.1) is 0 Å². The lowest BCUT2D eigenvalue weighted by molar-refractivity contribution is 0.354. The first kappa shape index (κ1) is 20.0. The SMILES string of the molecule is COc1ccc(-c2nn3c(CCc4ccc(OC)c(OC)c4)nnc3s2)c(OC)c1. The van der Waals surface area contributed by atoms with Crippen LogP contribution in [0.5, 0.6) is 23.0 Å². The maximum Gasteiger partial charge on any atom is 0.234 e. The van der Waals surface area contributed by atoms with Gasteiger partial charge in [-0.3, -0.25) is 0 Å². The first-order chi connectivity index (χ1) is 14.7. The molecule has 0 radical (unpaired) electrons. The fourth-order valence-corrected chi connectivity index (χ4v) is 4.08. The fraction of sp³-hybridized carbons (Fsp3) is 0.286. The molecule has 0 spiro atoms. The maximum atomic E-state index is 5.51. The number of aryl methyl sites for hydroxylation is 2. The monoisotopic (exact) mass is 426 g/mol. The van der Waals surface area contributed by atoms with Gasteiger partial charge in [-0.1, -0.05) is 17.4 Å². The molecule has 0 atom stereocenters. The van der Waals surface area contributed by atoms with E-state index in [0.717, 1.165) is 39.1 Å². The topological polar surface area (TPSA) is 80.0 Å².